The molecule has 0 aliphatic carbocycles. The Morgan fingerprint density at radius 3 is 2.87 bits per heavy atom. The van der Waals surface area contributed by atoms with Gasteiger partial charge in [-0.15, -0.1) is 11.8 Å². The molecule has 2 heterocycles. The molecule has 3 aromatic rings. The van der Waals surface area contributed by atoms with E-state index < -0.39 is 0 Å². The van der Waals surface area contributed by atoms with Crippen LogP contribution in [-0.4, -0.2) is 48.2 Å². The van der Waals surface area contributed by atoms with E-state index in [1.807, 2.05) is 12.1 Å². The summed E-state index contributed by atoms with van der Waals surface area (Å²) in [5, 5.41) is 2.26. The summed E-state index contributed by atoms with van der Waals surface area (Å²) in [7, 11) is 1.63. The smallest absolute Gasteiger partial charge is 0.146 e. The van der Waals surface area contributed by atoms with Gasteiger partial charge < -0.3 is 14.6 Å². The average molecular weight is 462 g/mol. The maximum atomic E-state index is 6.41. The van der Waals surface area contributed by atoms with E-state index in [-0.39, 0.29) is 0 Å². The molecule has 2 aromatic carbocycles. The zero-order valence-corrected chi connectivity index (χ0v) is 19.5. The number of halogens is 2. The molecule has 0 atom stereocenters. The molecule has 0 bridgehead atoms. The fraction of sp³-hybridized carbons (Fsp3) is 0.348. The van der Waals surface area contributed by atoms with Gasteiger partial charge in [0.2, 0.25) is 0 Å². The molecule has 30 heavy (non-hydrogen) atoms. The molecule has 0 unspecified atom stereocenters. The first-order chi connectivity index (χ1) is 14.6. The summed E-state index contributed by atoms with van der Waals surface area (Å²) < 4.78 is 5.61. The third kappa shape index (κ3) is 4.29. The Morgan fingerprint density at radius 2 is 2.07 bits per heavy atom. The maximum Gasteiger partial charge on any atom is 0.146 e. The zero-order valence-electron chi connectivity index (χ0n) is 17.2. The Hall–Kier alpha value is -1.82. The van der Waals surface area contributed by atoms with Gasteiger partial charge in [-0.2, -0.15) is 0 Å². The van der Waals surface area contributed by atoms with E-state index in [0.717, 1.165) is 48.6 Å². The molecule has 1 aliphatic heterocycles. The molecular formula is C23H25Cl2N3OS. The number of aromatic nitrogens is 1. The van der Waals surface area contributed by atoms with Gasteiger partial charge in [0, 0.05) is 51.6 Å². The van der Waals surface area contributed by atoms with E-state index in [1.54, 1.807) is 24.9 Å². The van der Waals surface area contributed by atoms with Crippen LogP contribution in [0.4, 0.5) is 0 Å². The summed E-state index contributed by atoms with van der Waals surface area (Å²) in [4.78, 5) is 12.0. The zero-order chi connectivity index (χ0) is 21.1. The van der Waals surface area contributed by atoms with Gasteiger partial charge in [-0.3, -0.25) is 4.99 Å². The predicted molar refractivity (Wildman–Crippen MR) is 130 cm³/mol. The molecule has 1 fully saturated rings. The topological polar surface area (TPSA) is 40.6 Å². The number of H-pyrrole nitrogens is 1. The van der Waals surface area contributed by atoms with Crippen molar-refractivity contribution in [3.05, 3.63) is 46.4 Å². The second kappa shape index (κ2) is 9.54. The number of hydrogen-bond donors (Lipinski definition) is 1. The molecular weight excluding hydrogens is 437 g/mol. The molecule has 1 N–H and O–H groups in total. The Morgan fingerprint density at radius 1 is 1.23 bits per heavy atom. The van der Waals surface area contributed by atoms with Crippen LogP contribution in [0.3, 0.4) is 0 Å². The number of rotatable bonds is 7. The van der Waals surface area contributed by atoms with Crippen LogP contribution in [0, 0.1) is 0 Å². The summed E-state index contributed by atoms with van der Waals surface area (Å²) in [6, 6.07) is 11.9. The van der Waals surface area contributed by atoms with Crippen molar-refractivity contribution in [3.8, 4) is 17.0 Å². The van der Waals surface area contributed by atoms with E-state index in [1.165, 1.54) is 22.5 Å². The number of aromatic amines is 1. The number of likely N-dealkylation sites (tertiary alicyclic amines) is 1. The van der Waals surface area contributed by atoms with Gasteiger partial charge in [-0.25, -0.2) is 0 Å². The number of nitrogens with one attached hydrogen (secondary N) is 1. The van der Waals surface area contributed by atoms with Crippen LogP contribution in [0.2, 0.25) is 10.0 Å². The van der Waals surface area contributed by atoms with E-state index in [9.17, 15) is 0 Å². The van der Waals surface area contributed by atoms with E-state index in [2.05, 4.69) is 35.0 Å². The van der Waals surface area contributed by atoms with Crippen molar-refractivity contribution in [1.82, 2.24) is 9.88 Å². The van der Waals surface area contributed by atoms with Crippen molar-refractivity contribution >= 4 is 51.7 Å². The number of aliphatic imine (C=N–C) groups is 1. The van der Waals surface area contributed by atoms with Crippen molar-refractivity contribution in [1.29, 1.82) is 0 Å². The second-order valence-electron chi connectivity index (χ2n) is 7.17. The second-order valence-corrected chi connectivity index (χ2v) is 9.12. The number of thioether (sulfide) groups is 1. The van der Waals surface area contributed by atoms with Crippen molar-refractivity contribution in [2.75, 3.05) is 32.5 Å². The number of hydrogen-bond acceptors (Lipinski definition) is 3. The molecule has 0 saturated carbocycles. The third-order valence-corrected chi connectivity index (χ3v) is 6.95. The highest BCUT2D eigenvalue weighted by Crippen LogP contribution is 2.44. The summed E-state index contributed by atoms with van der Waals surface area (Å²) in [6.07, 6.45) is 2.30. The number of nitrogens with zero attached hydrogens (tertiary/aromatic N) is 2. The molecule has 4 rings (SSSR count). The summed E-state index contributed by atoms with van der Waals surface area (Å²) in [5.41, 5.74) is 2.92. The van der Waals surface area contributed by atoms with E-state index in [4.69, 9.17) is 32.9 Å². The number of benzene rings is 2. The van der Waals surface area contributed by atoms with Crippen molar-refractivity contribution in [3.63, 3.8) is 0 Å². The molecule has 0 amide bonds. The van der Waals surface area contributed by atoms with Gasteiger partial charge in [0.1, 0.15) is 5.75 Å². The molecule has 7 heteroatoms. The molecule has 1 saturated heterocycles. The minimum Gasteiger partial charge on any atom is -0.494 e. The normalized spacial score (nSPS) is 15.5. The lowest BCUT2D eigenvalue weighted by Crippen LogP contribution is -2.24. The van der Waals surface area contributed by atoms with Crippen LogP contribution in [0.5, 0.6) is 5.75 Å². The van der Waals surface area contributed by atoms with Crippen molar-refractivity contribution in [2.45, 2.75) is 24.7 Å². The molecule has 158 valence electrons. The lowest BCUT2D eigenvalue weighted by molar-refractivity contribution is 0.416. The Labute approximate surface area is 191 Å². The van der Waals surface area contributed by atoms with Gasteiger partial charge in [-0.05, 0) is 31.5 Å². The minimum absolute atomic E-state index is 0.502. The van der Waals surface area contributed by atoms with Gasteiger partial charge in [0.15, 0.2) is 0 Å². The third-order valence-electron chi connectivity index (χ3n) is 5.35. The quantitative estimate of drug-likeness (QED) is 0.312. The number of fused-ring (bicyclic) bond motifs is 1. The van der Waals surface area contributed by atoms with Gasteiger partial charge in [0.05, 0.1) is 30.2 Å². The van der Waals surface area contributed by atoms with Gasteiger partial charge in [-0.1, -0.05) is 41.4 Å². The van der Waals surface area contributed by atoms with Crippen LogP contribution < -0.4 is 4.74 Å². The van der Waals surface area contributed by atoms with E-state index >= 15 is 0 Å². The lowest BCUT2D eigenvalue weighted by atomic mass is 10.1. The van der Waals surface area contributed by atoms with Gasteiger partial charge in [0.25, 0.3) is 0 Å². The number of amidine groups is 1. The highest BCUT2D eigenvalue weighted by atomic mass is 35.5. The number of methoxy groups -OCH3 is 1. The molecule has 0 radical (unpaired) electrons. The Kier molecular flexibility index (Phi) is 6.81. The molecule has 1 aromatic heterocycles. The monoisotopic (exact) mass is 461 g/mol. The molecule has 4 nitrogen and oxygen atoms in total. The molecule has 1 aliphatic rings. The summed E-state index contributed by atoms with van der Waals surface area (Å²) in [6.45, 7) is 5.15. The van der Waals surface area contributed by atoms with Crippen LogP contribution >= 0.6 is 35.0 Å². The fourth-order valence-electron chi connectivity index (χ4n) is 3.97. The number of para-hydroxylation sites is 1. The first-order valence-corrected chi connectivity index (χ1v) is 11.9. The van der Waals surface area contributed by atoms with Crippen LogP contribution in [-0.2, 0) is 0 Å². The standard InChI is InChI=1S/C23H25Cl2N3OS/c1-3-28-11-6-9-20(28)26-10-12-30-23-16-7-4-5-8-19(16)27-21(23)17-13-15(24)14-18(25)22(17)29-2/h4-5,7-8,13-14,27H,3,6,9-12H2,1-2H3/b26-20+. The summed E-state index contributed by atoms with van der Waals surface area (Å²) >= 11 is 14.5. The highest BCUT2D eigenvalue weighted by Gasteiger charge is 2.20. The van der Waals surface area contributed by atoms with Crippen molar-refractivity contribution in [2.24, 2.45) is 4.99 Å². The Balaban J connectivity index is 1.66. The van der Waals surface area contributed by atoms with Crippen LogP contribution in [0.25, 0.3) is 22.2 Å². The van der Waals surface area contributed by atoms with E-state index in [0.29, 0.717) is 15.8 Å². The first-order valence-electron chi connectivity index (χ1n) is 10.2. The SMILES string of the molecule is CCN1CCC/C1=N\CCSc1c(-c2cc(Cl)cc(Cl)c2OC)[nH]c2ccccc12. The van der Waals surface area contributed by atoms with Crippen molar-refractivity contribution < 1.29 is 4.74 Å². The number of ether oxygens (including phenoxy) is 1. The molecule has 0 spiro atoms. The Bertz CT molecular complexity index is 1080. The first kappa shape index (κ1) is 21.4. The predicted octanol–water partition coefficient (Wildman–Crippen LogP) is 6.76. The van der Waals surface area contributed by atoms with Crippen LogP contribution in [0.15, 0.2) is 46.3 Å². The lowest BCUT2D eigenvalue weighted by Gasteiger charge is -2.15. The largest absolute Gasteiger partial charge is 0.494 e. The summed E-state index contributed by atoms with van der Waals surface area (Å²) in [5.74, 6) is 2.77. The highest BCUT2D eigenvalue weighted by molar-refractivity contribution is 7.99. The van der Waals surface area contributed by atoms with Crippen LogP contribution in [0.1, 0.15) is 19.8 Å². The fourth-order valence-corrected chi connectivity index (χ4v) is 5.56. The minimum atomic E-state index is 0.502. The van der Waals surface area contributed by atoms with Gasteiger partial charge >= 0.3 is 0 Å². The maximum absolute atomic E-state index is 6.41. The average Bonchev–Trinajstić information content (AvgIpc) is 3.35.